The first-order chi connectivity index (χ1) is 14.4. The summed E-state index contributed by atoms with van der Waals surface area (Å²) in [5.41, 5.74) is 0.591. The highest BCUT2D eigenvalue weighted by atomic mass is 35.5. The highest BCUT2D eigenvalue weighted by Crippen LogP contribution is 2.23. The Morgan fingerprint density at radius 2 is 1.63 bits per heavy atom. The van der Waals surface area contributed by atoms with Crippen molar-refractivity contribution in [2.24, 2.45) is 0 Å². The molecule has 3 aromatic rings. The maximum absolute atomic E-state index is 12.5. The molecule has 0 radical (unpaired) electrons. The Kier molecular flexibility index (Phi) is 6.67. The summed E-state index contributed by atoms with van der Waals surface area (Å²) < 4.78 is 5.38. The summed E-state index contributed by atoms with van der Waals surface area (Å²) in [6.07, 6.45) is 0. The number of benzene rings is 3. The van der Waals surface area contributed by atoms with Crippen LogP contribution in [0.5, 0.6) is 5.75 Å². The quantitative estimate of drug-likeness (QED) is 0.607. The van der Waals surface area contributed by atoms with Crippen LogP contribution in [0.1, 0.15) is 20.7 Å². The molecule has 30 heavy (non-hydrogen) atoms. The fraction of sp³-hybridized carbons (Fsp3) is 0.0455. The Bertz CT molecular complexity index is 1100. The maximum atomic E-state index is 12.5. The van der Waals surface area contributed by atoms with Crippen LogP contribution in [0.15, 0.2) is 72.8 Å². The van der Waals surface area contributed by atoms with Gasteiger partial charge in [0.15, 0.2) is 6.61 Å². The Hall–Kier alpha value is -3.84. The van der Waals surface area contributed by atoms with Gasteiger partial charge in [0, 0.05) is 16.8 Å². The molecule has 8 heteroatoms. The third-order valence-corrected chi connectivity index (χ3v) is 4.31. The minimum atomic E-state index is -1.40. The van der Waals surface area contributed by atoms with Crippen LogP contribution < -0.4 is 20.5 Å². The van der Waals surface area contributed by atoms with Crippen molar-refractivity contribution in [1.29, 1.82) is 0 Å². The number of aromatic carboxylic acids is 1. The van der Waals surface area contributed by atoms with Gasteiger partial charge in [-0.2, -0.15) is 0 Å². The van der Waals surface area contributed by atoms with E-state index in [0.29, 0.717) is 16.5 Å². The highest BCUT2D eigenvalue weighted by Gasteiger charge is 2.11. The summed E-state index contributed by atoms with van der Waals surface area (Å²) in [6.45, 7) is -0.265. The molecule has 7 nitrogen and oxygen atoms in total. The number of halogens is 1. The van der Waals surface area contributed by atoms with Crippen molar-refractivity contribution >= 4 is 40.8 Å². The van der Waals surface area contributed by atoms with Crippen LogP contribution >= 0.6 is 11.6 Å². The molecule has 0 bridgehead atoms. The van der Waals surface area contributed by atoms with Gasteiger partial charge in [-0.1, -0.05) is 48.0 Å². The third kappa shape index (κ3) is 5.36. The molecule has 0 atom stereocenters. The molecule has 0 aliphatic heterocycles. The second-order valence-corrected chi connectivity index (χ2v) is 6.54. The number of para-hydroxylation sites is 2. The molecule has 3 aromatic carbocycles. The monoisotopic (exact) mass is 423 g/mol. The predicted molar refractivity (Wildman–Crippen MR) is 111 cm³/mol. The van der Waals surface area contributed by atoms with E-state index in [1.54, 1.807) is 42.5 Å². The Morgan fingerprint density at radius 1 is 0.900 bits per heavy atom. The zero-order valence-corrected chi connectivity index (χ0v) is 16.3. The Morgan fingerprint density at radius 3 is 2.40 bits per heavy atom. The van der Waals surface area contributed by atoms with E-state index in [1.807, 2.05) is 0 Å². The second-order valence-electron chi connectivity index (χ2n) is 6.14. The zero-order valence-electron chi connectivity index (χ0n) is 15.6. The van der Waals surface area contributed by atoms with E-state index in [1.165, 1.54) is 30.3 Å². The summed E-state index contributed by atoms with van der Waals surface area (Å²) in [4.78, 5) is 35.8. The molecular weight excluding hydrogens is 408 g/mol. The molecule has 152 valence electrons. The molecule has 0 aliphatic rings. The first-order valence-electron chi connectivity index (χ1n) is 8.83. The molecule has 3 rings (SSSR count). The summed E-state index contributed by atoms with van der Waals surface area (Å²) in [6, 6.07) is 18.9. The predicted octanol–water partition coefficient (Wildman–Crippen LogP) is 2.97. The zero-order chi connectivity index (χ0) is 21.5. The van der Waals surface area contributed by atoms with E-state index in [-0.39, 0.29) is 23.4 Å². The number of hydrogen-bond acceptors (Lipinski definition) is 5. The molecule has 0 aromatic heterocycles. The molecule has 0 spiro atoms. The summed E-state index contributed by atoms with van der Waals surface area (Å²) in [5.74, 6) is -1.98. The van der Waals surface area contributed by atoms with Gasteiger partial charge in [0.25, 0.3) is 11.8 Å². The number of carbonyl (C=O) groups excluding carboxylic acids is 3. The average Bonchev–Trinajstić information content (AvgIpc) is 2.73. The molecular formula is C22H16ClN2O5-. The first kappa shape index (κ1) is 20.9. The first-order valence-corrected chi connectivity index (χ1v) is 9.21. The maximum Gasteiger partial charge on any atom is 0.262 e. The second kappa shape index (κ2) is 9.58. The van der Waals surface area contributed by atoms with E-state index in [0.717, 1.165) is 0 Å². The summed E-state index contributed by atoms with van der Waals surface area (Å²) >= 11 is 5.98. The molecule has 0 aliphatic carbocycles. The van der Waals surface area contributed by atoms with Crippen LogP contribution in [0.3, 0.4) is 0 Å². The van der Waals surface area contributed by atoms with Crippen LogP contribution in [0.4, 0.5) is 11.4 Å². The molecule has 0 saturated carbocycles. The van der Waals surface area contributed by atoms with Gasteiger partial charge in [-0.3, -0.25) is 9.59 Å². The normalized spacial score (nSPS) is 10.2. The number of carbonyl (C=O) groups is 3. The van der Waals surface area contributed by atoms with Crippen LogP contribution in [0, 0.1) is 0 Å². The smallest absolute Gasteiger partial charge is 0.262 e. The lowest BCUT2D eigenvalue weighted by Crippen LogP contribution is -2.25. The van der Waals surface area contributed by atoms with Gasteiger partial charge in [0.1, 0.15) is 5.75 Å². The van der Waals surface area contributed by atoms with E-state index in [9.17, 15) is 19.5 Å². The van der Waals surface area contributed by atoms with Gasteiger partial charge < -0.3 is 25.3 Å². The van der Waals surface area contributed by atoms with Crippen molar-refractivity contribution in [3.8, 4) is 5.75 Å². The van der Waals surface area contributed by atoms with Crippen molar-refractivity contribution in [1.82, 2.24) is 0 Å². The van der Waals surface area contributed by atoms with Gasteiger partial charge >= 0.3 is 0 Å². The van der Waals surface area contributed by atoms with Crippen molar-refractivity contribution in [2.75, 3.05) is 17.2 Å². The average molecular weight is 424 g/mol. The number of rotatable bonds is 7. The molecule has 0 fully saturated rings. The number of anilines is 2. The van der Waals surface area contributed by atoms with E-state index in [2.05, 4.69) is 10.6 Å². The summed E-state index contributed by atoms with van der Waals surface area (Å²) in [7, 11) is 0. The number of carboxylic acids is 1. The van der Waals surface area contributed by atoms with Crippen molar-refractivity contribution in [3.63, 3.8) is 0 Å². The largest absolute Gasteiger partial charge is 0.545 e. The molecule has 2 amide bonds. The van der Waals surface area contributed by atoms with Gasteiger partial charge in [0.05, 0.1) is 16.7 Å². The Balaban J connectivity index is 1.64. The van der Waals surface area contributed by atoms with Gasteiger partial charge in [-0.25, -0.2) is 0 Å². The van der Waals surface area contributed by atoms with E-state index >= 15 is 0 Å². The van der Waals surface area contributed by atoms with Crippen molar-refractivity contribution < 1.29 is 24.2 Å². The van der Waals surface area contributed by atoms with Crippen LogP contribution in [0.25, 0.3) is 0 Å². The molecule has 0 saturated heterocycles. The highest BCUT2D eigenvalue weighted by molar-refractivity contribution is 6.32. The van der Waals surface area contributed by atoms with Gasteiger partial charge in [-0.05, 0) is 36.4 Å². The molecule has 2 N–H and O–H groups in total. The third-order valence-electron chi connectivity index (χ3n) is 4.00. The van der Waals surface area contributed by atoms with Crippen LogP contribution in [0.2, 0.25) is 5.02 Å². The SMILES string of the molecule is O=C(COc1ccccc1Cl)Nc1cccc(C(=O)Nc2ccccc2C(=O)[O-])c1. The standard InChI is InChI=1S/C22H17ClN2O5/c23-17-9-2-4-11-19(17)30-13-20(26)24-15-7-5-6-14(12-15)21(27)25-18-10-3-1-8-16(18)22(28)29/h1-12H,13H2,(H,24,26)(H,25,27)(H,28,29)/p-1. The fourth-order valence-corrected chi connectivity index (χ4v) is 2.80. The van der Waals surface area contributed by atoms with E-state index < -0.39 is 17.8 Å². The van der Waals surface area contributed by atoms with E-state index in [4.69, 9.17) is 16.3 Å². The lowest BCUT2D eigenvalue weighted by molar-refractivity contribution is -0.254. The number of hydrogen-bond donors (Lipinski definition) is 2. The number of amides is 2. The van der Waals surface area contributed by atoms with Crippen LogP contribution in [-0.4, -0.2) is 24.4 Å². The lowest BCUT2D eigenvalue weighted by Gasteiger charge is -2.12. The molecule has 0 unspecified atom stereocenters. The fourth-order valence-electron chi connectivity index (χ4n) is 2.60. The summed E-state index contributed by atoms with van der Waals surface area (Å²) in [5, 5.41) is 16.7. The van der Waals surface area contributed by atoms with Crippen molar-refractivity contribution in [3.05, 3.63) is 88.9 Å². The number of nitrogens with one attached hydrogen (secondary N) is 2. The lowest BCUT2D eigenvalue weighted by atomic mass is 10.1. The topological polar surface area (TPSA) is 108 Å². The Labute approximate surface area is 177 Å². The minimum Gasteiger partial charge on any atom is -0.545 e. The minimum absolute atomic E-state index is 0.116. The molecule has 0 heterocycles. The van der Waals surface area contributed by atoms with Crippen LogP contribution in [-0.2, 0) is 4.79 Å². The van der Waals surface area contributed by atoms with Gasteiger partial charge in [-0.15, -0.1) is 0 Å². The van der Waals surface area contributed by atoms with Crippen molar-refractivity contribution in [2.45, 2.75) is 0 Å². The van der Waals surface area contributed by atoms with Gasteiger partial charge in [0.2, 0.25) is 0 Å². The number of ether oxygens (including phenoxy) is 1. The number of carboxylic acid groups (broad SMARTS) is 1.